The first-order valence-electron chi connectivity index (χ1n) is 7.12. The molecular weight excluding hydrogens is 336 g/mol. The zero-order valence-electron chi connectivity index (χ0n) is 12.7. The summed E-state index contributed by atoms with van der Waals surface area (Å²) in [4.78, 5) is 12.1. The van der Waals surface area contributed by atoms with Crippen molar-refractivity contribution in [1.29, 1.82) is 0 Å². The molecule has 1 unspecified atom stereocenters. The maximum atomic E-state index is 12.1. The highest BCUT2D eigenvalue weighted by Gasteiger charge is 2.16. The van der Waals surface area contributed by atoms with Crippen molar-refractivity contribution in [2.24, 2.45) is 0 Å². The number of phenolic OH excluding ortho intramolecular Hbond substituents is 1. The van der Waals surface area contributed by atoms with Crippen LogP contribution in [0.3, 0.4) is 0 Å². The average Bonchev–Trinajstić information content (AvgIpc) is 2.97. The third-order valence-electron chi connectivity index (χ3n) is 3.43. The van der Waals surface area contributed by atoms with Crippen LogP contribution in [0.1, 0.15) is 18.6 Å². The van der Waals surface area contributed by atoms with Crippen LogP contribution in [0.5, 0.6) is 17.2 Å². The molecule has 2 aromatic carbocycles. The van der Waals surface area contributed by atoms with E-state index in [2.05, 4.69) is 10.6 Å². The maximum absolute atomic E-state index is 12.1. The van der Waals surface area contributed by atoms with Gasteiger partial charge in [0.2, 0.25) is 6.79 Å². The first-order chi connectivity index (χ1) is 11.4. The van der Waals surface area contributed by atoms with Crippen molar-refractivity contribution in [2.75, 3.05) is 17.4 Å². The second-order valence-electron chi connectivity index (χ2n) is 5.22. The number of aromatic hydroxyl groups is 1. The summed E-state index contributed by atoms with van der Waals surface area (Å²) in [6, 6.07) is 7.35. The molecule has 4 N–H and O–H groups in total. The van der Waals surface area contributed by atoms with Gasteiger partial charge in [0.1, 0.15) is 5.75 Å². The number of nitrogens with one attached hydrogen (secondary N) is 2. The van der Waals surface area contributed by atoms with Gasteiger partial charge in [-0.2, -0.15) is 0 Å². The topological polar surface area (TPSA) is 100 Å². The van der Waals surface area contributed by atoms with E-state index < -0.39 is 12.1 Å². The number of phenols is 1. The summed E-state index contributed by atoms with van der Waals surface area (Å²) in [5.74, 6) is 0.957. The van der Waals surface area contributed by atoms with Crippen LogP contribution in [0.4, 0.5) is 16.2 Å². The summed E-state index contributed by atoms with van der Waals surface area (Å²) >= 11 is 5.91. The molecule has 1 aliphatic rings. The van der Waals surface area contributed by atoms with E-state index in [-0.39, 0.29) is 23.1 Å². The lowest BCUT2D eigenvalue weighted by Crippen LogP contribution is -2.19. The van der Waals surface area contributed by atoms with Crippen molar-refractivity contribution < 1.29 is 24.5 Å². The number of fused-ring (bicyclic) bond motifs is 1. The zero-order valence-corrected chi connectivity index (χ0v) is 13.4. The third kappa shape index (κ3) is 3.32. The molecule has 0 fully saturated rings. The molecule has 0 radical (unpaired) electrons. The summed E-state index contributed by atoms with van der Waals surface area (Å²) in [7, 11) is 0. The van der Waals surface area contributed by atoms with E-state index in [0.717, 1.165) is 0 Å². The van der Waals surface area contributed by atoms with Crippen LogP contribution in [0.2, 0.25) is 5.02 Å². The Morgan fingerprint density at radius 2 is 1.88 bits per heavy atom. The molecule has 2 aromatic rings. The van der Waals surface area contributed by atoms with Gasteiger partial charge in [0.15, 0.2) is 11.5 Å². The number of carbonyl (C=O) groups excluding carboxylic acids is 1. The Hall–Kier alpha value is -2.64. The van der Waals surface area contributed by atoms with E-state index >= 15 is 0 Å². The number of hydrogen-bond donors (Lipinski definition) is 4. The summed E-state index contributed by atoms with van der Waals surface area (Å²) in [6.07, 6.45) is -0.929. The lowest BCUT2D eigenvalue weighted by molar-refractivity contribution is 0.174. The molecule has 8 heteroatoms. The van der Waals surface area contributed by atoms with Gasteiger partial charge in [-0.25, -0.2) is 4.79 Å². The summed E-state index contributed by atoms with van der Waals surface area (Å²) in [5, 5.41) is 24.7. The van der Waals surface area contributed by atoms with E-state index in [1.54, 1.807) is 18.2 Å². The van der Waals surface area contributed by atoms with E-state index in [0.29, 0.717) is 22.9 Å². The van der Waals surface area contributed by atoms with Gasteiger partial charge in [0, 0.05) is 23.0 Å². The standard InChI is InChI=1S/C16H15ClN2O5/c1-8(20)11-4-10(5-12(17)15(11)21)19-16(22)18-9-2-3-13-14(6-9)24-7-23-13/h2-6,8,20-21H,7H2,1H3,(H2,18,19,22). The second kappa shape index (κ2) is 6.46. The van der Waals surface area contributed by atoms with E-state index in [9.17, 15) is 15.0 Å². The number of carbonyl (C=O) groups is 1. The normalized spacial score (nSPS) is 13.5. The molecular formula is C16H15ClN2O5. The lowest BCUT2D eigenvalue weighted by Gasteiger charge is -2.13. The molecule has 7 nitrogen and oxygen atoms in total. The van der Waals surface area contributed by atoms with Crippen LogP contribution in [-0.4, -0.2) is 23.0 Å². The predicted molar refractivity (Wildman–Crippen MR) is 89.0 cm³/mol. The summed E-state index contributed by atoms with van der Waals surface area (Å²) < 4.78 is 10.4. The highest BCUT2D eigenvalue weighted by Crippen LogP contribution is 2.36. The van der Waals surface area contributed by atoms with Crippen LogP contribution in [-0.2, 0) is 0 Å². The Bertz CT molecular complexity index is 794. The molecule has 126 valence electrons. The number of halogens is 1. The SMILES string of the molecule is CC(O)c1cc(NC(=O)Nc2ccc3c(c2)OCO3)cc(Cl)c1O. The minimum atomic E-state index is -0.929. The van der Waals surface area contributed by atoms with Crippen molar-refractivity contribution in [3.05, 3.63) is 40.9 Å². The van der Waals surface area contributed by atoms with E-state index in [1.807, 2.05) is 0 Å². The van der Waals surface area contributed by atoms with Crippen LogP contribution in [0.25, 0.3) is 0 Å². The smallest absolute Gasteiger partial charge is 0.323 e. The third-order valence-corrected chi connectivity index (χ3v) is 3.72. The van der Waals surface area contributed by atoms with Gasteiger partial charge in [0.25, 0.3) is 0 Å². The number of benzene rings is 2. The first kappa shape index (κ1) is 16.2. The van der Waals surface area contributed by atoms with E-state index in [4.69, 9.17) is 21.1 Å². The number of anilines is 2. The molecule has 0 saturated carbocycles. The average molecular weight is 351 g/mol. The number of aliphatic hydroxyl groups excluding tert-OH is 1. The van der Waals surface area contributed by atoms with Crippen molar-refractivity contribution in [1.82, 2.24) is 0 Å². The highest BCUT2D eigenvalue weighted by molar-refractivity contribution is 6.32. The Morgan fingerprint density at radius 1 is 1.17 bits per heavy atom. The second-order valence-corrected chi connectivity index (χ2v) is 5.63. The molecule has 0 spiro atoms. The number of aliphatic hydroxyl groups is 1. The van der Waals surface area contributed by atoms with E-state index in [1.165, 1.54) is 19.1 Å². The highest BCUT2D eigenvalue weighted by atomic mass is 35.5. The summed E-state index contributed by atoms with van der Waals surface area (Å²) in [5.41, 5.74) is 1.09. The molecule has 2 amide bonds. The number of amides is 2. The molecule has 3 rings (SSSR count). The van der Waals surface area contributed by atoms with Crippen LogP contribution >= 0.6 is 11.6 Å². The fourth-order valence-corrected chi connectivity index (χ4v) is 2.51. The molecule has 1 aliphatic heterocycles. The lowest BCUT2D eigenvalue weighted by atomic mass is 10.1. The Morgan fingerprint density at radius 3 is 2.62 bits per heavy atom. The van der Waals surface area contributed by atoms with Crippen LogP contribution in [0.15, 0.2) is 30.3 Å². The van der Waals surface area contributed by atoms with Gasteiger partial charge in [-0.3, -0.25) is 0 Å². The monoisotopic (exact) mass is 350 g/mol. The minimum Gasteiger partial charge on any atom is -0.506 e. The Labute approximate surface area is 142 Å². The van der Waals surface area contributed by atoms with Gasteiger partial charge < -0.3 is 30.3 Å². The van der Waals surface area contributed by atoms with Gasteiger partial charge in [0.05, 0.1) is 11.1 Å². The molecule has 0 saturated heterocycles. The molecule has 0 aromatic heterocycles. The maximum Gasteiger partial charge on any atom is 0.323 e. The van der Waals surface area contributed by atoms with Crippen molar-refractivity contribution in [3.8, 4) is 17.2 Å². The first-order valence-corrected chi connectivity index (χ1v) is 7.50. The Balaban J connectivity index is 1.73. The molecule has 24 heavy (non-hydrogen) atoms. The number of hydrogen-bond acceptors (Lipinski definition) is 5. The summed E-state index contributed by atoms with van der Waals surface area (Å²) in [6.45, 7) is 1.64. The Kier molecular flexibility index (Phi) is 4.37. The van der Waals surface area contributed by atoms with Gasteiger partial charge >= 0.3 is 6.03 Å². The fraction of sp³-hybridized carbons (Fsp3) is 0.188. The molecule has 0 aliphatic carbocycles. The zero-order chi connectivity index (χ0) is 17.3. The number of urea groups is 1. The fourth-order valence-electron chi connectivity index (χ4n) is 2.28. The van der Waals surface area contributed by atoms with Crippen LogP contribution < -0.4 is 20.1 Å². The van der Waals surface area contributed by atoms with Crippen molar-refractivity contribution >= 4 is 29.0 Å². The van der Waals surface area contributed by atoms with Crippen LogP contribution in [0, 0.1) is 0 Å². The van der Waals surface area contributed by atoms with Crippen molar-refractivity contribution in [2.45, 2.75) is 13.0 Å². The molecule has 1 atom stereocenters. The number of ether oxygens (including phenoxy) is 2. The quantitative estimate of drug-likeness (QED) is 0.635. The predicted octanol–water partition coefficient (Wildman–Crippen LogP) is 3.47. The largest absolute Gasteiger partial charge is 0.506 e. The molecule has 1 heterocycles. The molecule has 0 bridgehead atoms. The van der Waals surface area contributed by atoms with Gasteiger partial charge in [-0.15, -0.1) is 0 Å². The van der Waals surface area contributed by atoms with Gasteiger partial charge in [-0.1, -0.05) is 11.6 Å². The van der Waals surface area contributed by atoms with Crippen molar-refractivity contribution in [3.63, 3.8) is 0 Å². The minimum absolute atomic E-state index is 0.0341. The number of rotatable bonds is 3. The van der Waals surface area contributed by atoms with Gasteiger partial charge in [-0.05, 0) is 31.2 Å².